The number of Topliss-reactive ketones (excluding diaryl/α,β-unsaturated/α-hetero) is 1. The number of benzene rings is 1. The Morgan fingerprint density at radius 3 is 2.22 bits per heavy atom. The third-order valence-corrected chi connectivity index (χ3v) is 4.71. The molecule has 1 aromatic rings. The van der Waals surface area contributed by atoms with Crippen molar-refractivity contribution in [3.8, 4) is 6.07 Å². The molecule has 0 amide bonds. The van der Waals surface area contributed by atoms with E-state index in [0.717, 1.165) is 31.5 Å². The molecule has 1 aromatic carbocycles. The molecule has 0 aliphatic carbocycles. The molecule has 0 fully saturated rings. The summed E-state index contributed by atoms with van der Waals surface area (Å²) < 4.78 is 0. The van der Waals surface area contributed by atoms with Gasteiger partial charge in [-0.1, -0.05) is 20.8 Å². The Hall–Kier alpha value is -2.08. The number of nitrogens with zero attached hydrogens (tertiary/aromatic N) is 2. The predicted octanol–water partition coefficient (Wildman–Crippen LogP) is 3.91. The number of aryl methyl sites for hydroxylation is 2. The van der Waals surface area contributed by atoms with E-state index in [-0.39, 0.29) is 11.4 Å². The Kier molecular flexibility index (Phi) is 4.02. The molecule has 120 valence electrons. The van der Waals surface area contributed by atoms with Gasteiger partial charge in [0.25, 0.3) is 0 Å². The van der Waals surface area contributed by atoms with Gasteiger partial charge in [0.15, 0.2) is 5.78 Å². The SMILES string of the molecule is CC(C)(C)C(=O)/C(C#N)=C/c1cc2c3c(c1)CCCN3CCC2. The van der Waals surface area contributed by atoms with E-state index in [1.807, 2.05) is 20.8 Å². The number of hydrogen-bond donors (Lipinski definition) is 0. The zero-order chi connectivity index (χ0) is 16.6. The van der Waals surface area contributed by atoms with Gasteiger partial charge in [-0.15, -0.1) is 0 Å². The maximum Gasteiger partial charge on any atom is 0.178 e. The molecule has 2 heterocycles. The topological polar surface area (TPSA) is 44.1 Å². The highest BCUT2D eigenvalue weighted by molar-refractivity contribution is 6.06. The number of carbonyl (C=O) groups excluding carboxylic acids is 1. The van der Waals surface area contributed by atoms with Crippen molar-refractivity contribution in [2.75, 3.05) is 18.0 Å². The van der Waals surface area contributed by atoms with Crippen LogP contribution in [0.25, 0.3) is 6.08 Å². The number of ketones is 1. The zero-order valence-corrected chi connectivity index (χ0v) is 14.3. The maximum atomic E-state index is 12.4. The highest BCUT2D eigenvalue weighted by Gasteiger charge is 2.26. The molecule has 0 spiro atoms. The van der Waals surface area contributed by atoms with E-state index in [2.05, 4.69) is 23.1 Å². The van der Waals surface area contributed by atoms with E-state index < -0.39 is 5.41 Å². The molecule has 0 aromatic heterocycles. The lowest BCUT2D eigenvalue weighted by atomic mass is 9.85. The molecule has 0 radical (unpaired) electrons. The van der Waals surface area contributed by atoms with Crippen LogP contribution in [0.4, 0.5) is 5.69 Å². The lowest BCUT2D eigenvalue weighted by Gasteiger charge is -2.37. The fourth-order valence-electron chi connectivity index (χ4n) is 3.63. The van der Waals surface area contributed by atoms with Crippen LogP contribution >= 0.6 is 0 Å². The van der Waals surface area contributed by atoms with Crippen LogP contribution in [0.15, 0.2) is 17.7 Å². The fraction of sp³-hybridized carbons (Fsp3) is 0.500. The van der Waals surface area contributed by atoms with Crippen molar-refractivity contribution in [1.82, 2.24) is 0 Å². The monoisotopic (exact) mass is 308 g/mol. The number of anilines is 1. The zero-order valence-electron chi connectivity index (χ0n) is 14.3. The van der Waals surface area contributed by atoms with E-state index >= 15 is 0 Å². The first-order valence-corrected chi connectivity index (χ1v) is 8.47. The Morgan fingerprint density at radius 2 is 1.74 bits per heavy atom. The first-order valence-electron chi connectivity index (χ1n) is 8.47. The van der Waals surface area contributed by atoms with Crippen molar-refractivity contribution >= 4 is 17.5 Å². The normalized spacial score (nSPS) is 17.5. The minimum Gasteiger partial charge on any atom is -0.371 e. The summed E-state index contributed by atoms with van der Waals surface area (Å²) in [6.45, 7) is 7.88. The fourth-order valence-corrected chi connectivity index (χ4v) is 3.63. The van der Waals surface area contributed by atoms with Crippen LogP contribution in [-0.4, -0.2) is 18.9 Å². The second kappa shape index (κ2) is 5.85. The van der Waals surface area contributed by atoms with Crippen LogP contribution in [0.5, 0.6) is 0 Å². The number of nitriles is 1. The molecule has 3 heteroatoms. The average molecular weight is 308 g/mol. The molecule has 0 N–H and O–H groups in total. The van der Waals surface area contributed by atoms with Crippen LogP contribution < -0.4 is 4.90 Å². The van der Waals surface area contributed by atoms with Crippen LogP contribution in [0.1, 0.15) is 50.3 Å². The van der Waals surface area contributed by atoms with Crippen LogP contribution in [-0.2, 0) is 17.6 Å². The van der Waals surface area contributed by atoms with E-state index in [9.17, 15) is 10.1 Å². The van der Waals surface area contributed by atoms with Crippen molar-refractivity contribution in [2.45, 2.75) is 46.5 Å². The Morgan fingerprint density at radius 1 is 1.17 bits per heavy atom. The first-order chi connectivity index (χ1) is 10.9. The summed E-state index contributed by atoms with van der Waals surface area (Å²) in [5.74, 6) is -0.0898. The smallest absolute Gasteiger partial charge is 0.178 e. The van der Waals surface area contributed by atoms with Gasteiger partial charge < -0.3 is 4.90 Å². The summed E-state index contributed by atoms with van der Waals surface area (Å²) in [7, 11) is 0. The van der Waals surface area contributed by atoms with Gasteiger partial charge in [0, 0.05) is 24.2 Å². The summed E-state index contributed by atoms with van der Waals surface area (Å²) in [6, 6.07) is 6.44. The predicted molar refractivity (Wildman–Crippen MR) is 93.3 cm³/mol. The molecule has 2 aliphatic rings. The van der Waals surface area contributed by atoms with E-state index in [1.54, 1.807) is 6.08 Å². The summed E-state index contributed by atoms with van der Waals surface area (Å²) in [5, 5.41) is 9.39. The lowest BCUT2D eigenvalue weighted by molar-refractivity contribution is -0.121. The molecular weight excluding hydrogens is 284 g/mol. The molecule has 0 saturated carbocycles. The largest absolute Gasteiger partial charge is 0.371 e. The van der Waals surface area contributed by atoms with E-state index in [1.165, 1.54) is 29.7 Å². The molecule has 0 bridgehead atoms. The number of rotatable bonds is 2. The molecule has 3 rings (SSSR count). The summed E-state index contributed by atoms with van der Waals surface area (Å²) in [6.07, 6.45) is 6.33. The molecule has 0 unspecified atom stereocenters. The van der Waals surface area contributed by atoms with Crippen molar-refractivity contribution in [3.05, 3.63) is 34.4 Å². The summed E-state index contributed by atoms with van der Waals surface area (Å²) >= 11 is 0. The molecule has 2 aliphatic heterocycles. The standard InChI is InChI=1S/C20H24N2O/c1-20(2,3)19(23)17(13-21)12-14-10-15-6-4-8-22-9-5-7-16(11-14)18(15)22/h10-12H,4-9H2,1-3H3/b17-12+. The van der Waals surface area contributed by atoms with Crippen molar-refractivity contribution in [3.63, 3.8) is 0 Å². The van der Waals surface area contributed by atoms with Crippen LogP contribution in [0.3, 0.4) is 0 Å². The Balaban J connectivity index is 2.03. The van der Waals surface area contributed by atoms with Gasteiger partial charge in [0.05, 0.1) is 5.57 Å². The van der Waals surface area contributed by atoms with Gasteiger partial charge in [-0.25, -0.2) is 0 Å². The molecule has 0 saturated heterocycles. The van der Waals surface area contributed by atoms with Crippen LogP contribution in [0.2, 0.25) is 0 Å². The minimum atomic E-state index is -0.527. The second-order valence-corrected chi connectivity index (χ2v) is 7.63. The molecular formula is C20H24N2O. The maximum absolute atomic E-state index is 12.4. The van der Waals surface area contributed by atoms with Gasteiger partial charge in [0.2, 0.25) is 0 Å². The van der Waals surface area contributed by atoms with Crippen molar-refractivity contribution in [2.24, 2.45) is 5.41 Å². The number of allylic oxidation sites excluding steroid dienone is 1. The molecule has 0 atom stereocenters. The molecule has 3 nitrogen and oxygen atoms in total. The Bertz CT molecular complexity index is 685. The average Bonchev–Trinajstić information content (AvgIpc) is 2.51. The number of carbonyl (C=O) groups is 1. The minimum absolute atomic E-state index is 0.0898. The highest BCUT2D eigenvalue weighted by Crippen LogP contribution is 2.36. The Labute approximate surface area is 138 Å². The van der Waals surface area contributed by atoms with Gasteiger partial charge >= 0.3 is 0 Å². The third kappa shape index (κ3) is 3.03. The highest BCUT2D eigenvalue weighted by atomic mass is 16.1. The van der Waals surface area contributed by atoms with Crippen LogP contribution in [0, 0.1) is 16.7 Å². The second-order valence-electron chi connectivity index (χ2n) is 7.63. The van der Waals surface area contributed by atoms with Gasteiger partial charge in [-0.3, -0.25) is 4.79 Å². The lowest BCUT2D eigenvalue weighted by Crippen LogP contribution is -2.34. The summed E-state index contributed by atoms with van der Waals surface area (Å²) in [4.78, 5) is 14.9. The van der Waals surface area contributed by atoms with Gasteiger partial charge in [-0.05, 0) is 60.6 Å². The quantitative estimate of drug-likeness (QED) is 0.614. The van der Waals surface area contributed by atoms with Crippen molar-refractivity contribution in [1.29, 1.82) is 5.26 Å². The van der Waals surface area contributed by atoms with E-state index in [0.29, 0.717) is 0 Å². The third-order valence-electron chi connectivity index (χ3n) is 4.71. The van der Waals surface area contributed by atoms with Gasteiger partial charge in [0.1, 0.15) is 6.07 Å². The first kappa shape index (κ1) is 15.8. The van der Waals surface area contributed by atoms with Gasteiger partial charge in [-0.2, -0.15) is 5.26 Å². The number of hydrogen-bond acceptors (Lipinski definition) is 3. The molecule has 23 heavy (non-hydrogen) atoms. The summed E-state index contributed by atoms with van der Waals surface area (Å²) in [5.41, 5.74) is 4.89. The van der Waals surface area contributed by atoms with E-state index in [4.69, 9.17) is 0 Å². The van der Waals surface area contributed by atoms with Crippen molar-refractivity contribution < 1.29 is 4.79 Å².